The third kappa shape index (κ3) is 2.56. The lowest BCUT2D eigenvalue weighted by Gasteiger charge is -2.31. The number of hydrogen-bond donors (Lipinski definition) is 2. The Balaban J connectivity index is 1.89. The first-order chi connectivity index (χ1) is 10.5. The molecule has 22 heavy (non-hydrogen) atoms. The Hall–Kier alpha value is -2.37. The lowest BCUT2D eigenvalue weighted by Crippen LogP contribution is -2.52. The number of rotatable bonds is 5. The van der Waals surface area contributed by atoms with E-state index >= 15 is 0 Å². The lowest BCUT2D eigenvalue weighted by atomic mass is 10.0. The van der Waals surface area contributed by atoms with Crippen LogP contribution in [0.5, 0.6) is 0 Å². The molecule has 0 aromatic heterocycles. The van der Waals surface area contributed by atoms with Crippen molar-refractivity contribution < 1.29 is 19.5 Å². The van der Waals surface area contributed by atoms with Crippen molar-refractivity contribution >= 4 is 17.9 Å². The number of amides is 3. The van der Waals surface area contributed by atoms with Gasteiger partial charge in [0.15, 0.2) is 0 Å². The summed E-state index contributed by atoms with van der Waals surface area (Å²) in [6, 6.07) is 5.78. The fourth-order valence-electron chi connectivity index (χ4n) is 3.03. The molecule has 3 rings (SSSR count). The van der Waals surface area contributed by atoms with Crippen LogP contribution in [0.25, 0.3) is 0 Å². The van der Waals surface area contributed by atoms with Gasteiger partial charge in [-0.2, -0.15) is 0 Å². The van der Waals surface area contributed by atoms with E-state index in [4.69, 9.17) is 5.11 Å². The molecule has 1 fully saturated rings. The van der Waals surface area contributed by atoms with Gasteiger partial charge in [-0.25, -0.2) is 4.79 Å². The Bertz CT molecular complexity index is 604. The van der Waals surface area contributed by atoms with Crippen LogP contribution in [-0.4, -0.2) is 40.0 Å². The highest BCUT2D eigenvalue weighted by molar-refractivity contribution is 6.21. The zero-order valence-corrected chi connectivity index (χ0v) is 12.3. The second kappa shape index (κ2) is 5.44. The van der Waals surface area contributed by atoms with Crippen LogP contribution in [0.4, 0.5) is 4.79 Å². The highest BCUT2D eigenvalue weighted by Crippen LogP contribution is 2.37. The first-order valence-electron chi connectivity index (χ1n) is 7.45. The van der Waals surface area contributed by atoms with Crippen molar-refractivity contribution in [2.75, 3.05) is 0 Å². The van der Waals surface area contributed by atoms with E-state index in [0.29, 0.717) is 23.5 Å². The van der Waals surface area contributed by atoms with Gasteiger partial charge in [0.05, 0.1) is 23.2 Å². The second-order valence-electron chi connectivity index (χ2n) is 6.01. The van der Waals surface area contributed by atoms with E-state index in [0.717, 1.165) is 12.8 Å². The van der Waals surface area contributed by atoms with Crippen LogP contribution in [0.2, 0.25) is 0 Å². The third-order valence-corrected chi connectivity index (χ3v) is 4.36. The fourth-order valence-corrected chi connectivity index (χ4v) is 3.03. The number of fused-ring (bicyclic) bond motifs is 1. The van der Waals surface area contributed by atoms with Crippen molar-refractivity contribution in [3.8, 4) is 0 Å². The van der Waals surface area contributed by atoms with Gasteiger partial charge in [0, 0.05) is 0 Å². The van der Waals surface area contributed by atoms with Crippen LogP contribution >= 0.6 is 0 Å². The average Bonchev–Trinajstić information content (AvgIpc) is 3.25. The molecule has 0 unspecified atom stereocenters. The zero-order chi connectivity index (χ0) is 15.9. The van der Waals surface area contributed by atoms with Gasteiger partial charge in [-0.15, -0.1) is 0 Å². The van der Waals surface area contributed by atoms with Crippen molar-refractivity contribution in [3.05, 3.63) is 35.4 Å². The van der Waals surface area contributed by atoms with Crippen molar-refractivity contribution in [1.29, 1.82) is 0 Å². The van der Waals surface area contributed by atoms with Crippen LogP contribution in [0.3, 0.4) is 0 Å². The van der Waals surface area contributed by atoms with Gasteiger partial charge < -0.3 is 10.4 Å². The molecule has 2 N–H and O–H groups in total. The summed E-state index contributed by atoms with van der Waals surface area (Å²) in [6.07, 6.45) is 1.64. The lowest BCUT2D eigenvalue weighted by molar-refractivity contribution is 0.0534. The largest absolute Gasteiger partial charge is 0.465 e. The molecular weight excluding hydrogens is 284 g/mol. The van der Waals surface area contributed by atoms with E-state index in [1.54, 1.807) is 31.2 Å². The number of imide groups is 1. The van der Waals surface area contributed by atoms with E-state index in [1.807, 2.05) is 0 Å². The smallest absolute Gasteiger partial charge is 0.404 e. The van der Waals surface area contributed by atoms with Gasteiger partial charge in [0.1, 0.15) is 0 Å². The Morgan fingerprint density at radius 3 is 2.27 bits per heavy atom. The number of benzene rings is 1. The molecule has 1 aromatic carbocycles. The molecule has 0 bridgehead atoms. The van der Waals surface area contributed by atoms with Gasteiger partial charge in [-0.3, -0.25) is 14.5 Å². The van der Waals surface area contributed by atoms with Crippen molar-refractivity contribution in [3.63, 3.8) is 0 Å². The number of carbonyl (C=O) groups excluding carboxylic acids is 2. The Morgan fingerprint density at radius 2 is 1.82 bits per heavy atom. The maximum Gasteiger partial charge on any atom is 0.404 e. The van der Waals surface area contributed by atoms with E-state index < -0.39 is 18.2 Å². The molecule has 1 heterocycles. The Labute approximate surface area is 128 Å². The predicted octanol–water partition coefficient (Wildman–Crippen LogP) is 2.11. The average molecular weight is 302 g/mol. The summed E-state index contributed by atoms with van der Waals surface area (Å²) < 4.78 is 0. The van der Waals surface area contributed by atoms with Crippen LogP contribution in [0.1, 0.15) is 46.9 Å². The molecule has 6 nitrogen and oxygen atoms in total. The van der Waals surface area contributed by atoms with Crippen molar-refractivity contribution in [1.82, 2.24) is 10.2 Å². The molecule has 1 aliphatic carbocycles. The number of hydrogen-bond acceptors (Lipinski definition) is 3. The quantitative estimate of drug-likeness (QED) is 0.816. The minimum Gasteiger partial charge on any atom is -0.465 e. The summed E-state index contributed by atoms with van der Waals surface area (Å²) in [7, 11) is 0. The van der Waals surface area contributed by atoms with Gasteiger partial charge in [0.25, 0.3) is 11.8 Å². The molecule has 2 aliphatic rings. The second-order valence-corrected chi connectivity index (χ2v) is 6.01. The van der Waals surface area contributed by atoms with E-state index in [9.17, 15) is 14.4 Å². The number of carbonyl (C=O) groups is 3. The molecule has 0 spiro atoms. The summed E-state index contributed by atoms with van der Waals surface area (Å²) in [5.74, 6) is -0.192. The van der Waals surface area contributed by atoms with Gasteiger partial charge in [0.2, 0.25) is 0 Å². The maximum absolute atomic E-state index is 12.6. The molecule has 1 aliphatic heterocycles. The first-order valence-corrected chi connectivity index (χ1v) is 7.45. The molecule has 2 atom stereocenters. The number of carboxylic acid groups (broad SMARTS) is 1. The number of nitrogens with zero attached hydrogens (tertiary/aromatic N) is 1. The van der Waals surface area contributed by atoms with Crippen molar-refractivity contribution in [2.24, 2.45) is 5.92 Å². The molecule has 6 heteroatoms. The maximum atomic E-state index is 12.6. The SMILES string of the molecule is C[C@H](NC(=O)O)[C@@H](CC1CC1)N1C(=O)c2ccccc2C1=O. The molecule has 0 radical (unpaired) electrons. The third-order valence-electron chi connectivity index (χ3n) is 4.36. The van der Waals surface area contributed by atoms with Crippen LogP contribution in [-0.2, 0) is 0 Å². The highest BCUT2D eigenvalue weighted by atomic mass is 16.4. The van der Waals surface area contributed by atoms with E-state index in [1.165, 1.54) is 4.90 Å². The molecule has 1 aromatic rings. The standard InChI is InChI=1S/C16H18N2O4/c1-9(17-16(21)22)13(8-10-6-7-10)18-14(19)11-4-2-3-5-12(11)15(18)20/h2-5,9-10,13,17H,6-8H2,1H3,(H,21,22)/t9-,13+/m0/s1. The van der Waals surface area contributed by atoms with Crippen LogP contribution in [0, 0.1) is 5.92 Å². The minimum absolute atomic E-state index is 0.328. The number of nitrogens with one attached hydrogen (secondary N) is 1. The van der Waals surface area contributed by atoms with Gasteiger partial charge in [-0.05, 0) is 31.4 Å². The summed E-state index contributed by atoms with van der Waals surface area (Å²) in [4.78, 5) is 37.3. The predicted molar refractivity (Wildman–Crippen MR) is 78.7 cm³/mol. The Morgan fingerprint density at radius 1 is 1.27 bits per heavy atom. The molecule has 3 amide bonds. The summed E-state index contributed by atoms with van der Waals surface area (Å²) >= 11 is 0. The summed E-state index contributed by atoms with van der Waals surface area (Å²) in [5, 5.41) is 11.3. The Kier molecular flexibility index (Phi) is 3.60. The van der Waals surface area contributed by atoms with Gasteiger partial charge >= 0.3 is 6.09 Å². The molecular formula is C16H18N2O4. The first kappa shape index (κ1) is 14.6. The monoisotopic (exact) mass is 302 g/mol. The molecule has 0 saturated heterocycles. The fraction of sp³-hybridized carbons (Fsp3) is 0.438. The van der Waals surface area contributed by atoms with E-state index in [2.05, 4.69) is 5.32 Å². The topological polar surface area (TPSA) is 86.7 Å². The van der Waals surface area contributed by atoms with Crippen LogP contribution in [0.15, 0.2) is 24.3 Å². The minimum atomic E-state index is -1.15. The van der Waals surface area contributed by atoms with Gasteiger partial charge in [-0.1, -0.05) is 25.0 Å². The normalized spacial score (nSPS) is 19.8. The summed E-state index contributed by atoms with van der Waals surface area (Å²) in [6.45, 7) is 1.70. The van der Waals surface area contributed by atoms with Crippen molar-refractivity contribution in [2.45, 2.75) is 38.3 Å². The highest BCUT2D eigenvalue weighted by Gasteiger charge is 2.43. The molecule has 1 saturated carbocycles. The zero-order valence-electron chi connectivity index (χ0n) is 12.3. The van der Waals surface area contributed by atoms with E-state index in [-0.39, 0.29) is 11.8 Å². The molecule has 116 valence electrons. The van der Waals surface area contributed by atoms with Crippen LogP contribution < -0.4 is 5.32 Å². The summed E-state index contributed by atoms with van der Waals surface area (Å²) in [5.41, 5.74) is 0.798.